The monoisotopic (exact) mass is 235 g/mol. The molecule has 0 radical (unpaired) electrons. The molecule has 6 nitrogen and oxygen atoms in total. The molecule has 1 amide bonds. The van der Waals surface area contributed by atoms with Crippen LogP contribution in [-0.4, -0.2) is 58.1 Å². The Labute approximate surface area is 90.1 Å². The van der Waals surface area contributed by atoms with Gasteiger partial charge in [0.25, 0.3) is 0 Å². The van der Waals surface area contributed by atoms with E-state index in [0.717, 1.165) is 0 Å². The zero-order valence-corrected chi connectivity index (χ0v) is 9.80. The van der Waals surface area contributed by atoms with Gasteiger partial charge in [0, 0.05) is 33.2 Å². The second-order valence-corrected chi connectivity index (χ2v) is 5.62. The first kappa shape index (κ1) is 12.4. The van der Waals surface area contributed by atoms with Crippen molar-refractivity contribution >= 4 is 15.9 Å². The summed E-state index contributed by atoms with van der Waals surface area (Å²) in [4.78, 5) is 11.4. The Balaban J connectivity index is 2.74. The highest BCUT2D eigenvalue weighted by Crippen LogP contribution is 2.07. The van der Waals surface area contributed by atoms with E-state index in [-0.39, 0.29) is 18.4 Å². The normalized spacial score (nSPS) is 24.5. The van der Waals surface area contributed by atoms with Gasteiger partial charge in [-0.05, 0) is 0 Å². The molecular formula is C8H17N3O3S. The van der Waals surface area contributed by atoms with Crippen LogP contribution >= 0.6 is 0 Å². The van der Waals surface area contributed by atoms with E-state index in [4.69, 9.17) is 0 Å². The Morgan fingerprint density at radius 3 is 2.73 bits per heavy atom. The average Bonchev–Trinajstić information content (AvgIpc) is 2.40. The molecule has 1 saturated heterocycles. The molecule has 0 saturated carbocycles. The molecule has 7 heteroatoms. The van der Waals surface area contributed by atoms with Crippen molar-refractivity contribution in [2.45, 2.75) is 0 Å². The summed E-state index contributed by atoms with van der Waals surface area (Å²) in [7, 11) is -1.66. The number of sulfonamides is 1. The molecule has 1 fully saturated rings. The minimum absolute atomic E-state index is 0.127. The summed E-state index contributed by atoms with van der Waals surface area (Å²) in [5, 5.41) is 5.58. The van der Waals surface area contributed by atoms with Gasteiger partial charge in [-0.3, -0.25) is 4.79 Å². The Morgan fingerprint density at radius 1 is 1.53 bits per heavy atom. The first-order valence-corrected chi connectivity index (χ1v) is 6.67. The predicted molar refractivity (Wildman–Crippen MR) is 56.8 cm³/mol. The van der Waals surface area contributed by atoms with Crippen LogP contribution in [0.25, 0.3) is 0 Å². The van der Waals surface area contributed by atoms with Crippen molar-refractivity contribution in [3.05, 3.63) is 0 Å². The second-order valence-electron chi connectivity index (χ2n) is 3.64. The maximum atomic E-state index is 11.4. The lowest BCUT2D eigenvalue weighted by Crippen LogP contribution is -2.40. The topological polar surface area (TPSA) is 78.5 Å². The standard InChI is InChI=1S/C8H17N3O3S/c1-9-8(12)7-5-10-3-4-11(6-7)15(2,13)14/h7,10H,3-6H2,1-2H3,(H,9,12)/t7-/m0/s1. The minimum Gasteiger partial charge on any atom is -0.359 e. The molecule has 0 aromatic rings. The fourth-order valence-corrected chi connectivity index (χ4v) is 2.44. The highest BCUT2D eigenvalue weighted by Gasteiger charge is 2.27. The number of carbonyl (C=O) groups is 1. The predicted octanol–water partition coefficient (Wildman–Crippen LogP) is -1.79. The molecule has 2 N–H and O–H groups in total. The van der Waals surface area contributed by atoms with Crippen molar-refractivity contribution in [2.24, 2.45) is 5.92 Å². The maximum absolute atomic E-state index is 11.4. The van der Waals surface area contributed by atoms with E-state index in [1.165, 1.54) is 10.6 Å². The molecule has 15 heavy (non-hydrogen) atoms. The smallest absolute Gasteiger partial charge is 0.225 e. The van der Waals surface area contributed by atoms with Crippen molar-refractivity contribution in [3.8, 4) is 0 Å². The van der Waals surface area contributed by atoms with Crippen molar-refractivity contribution in [1.82, 2.24) is 14.9 Å². The van der Waals surface area contributed by atoms with Crippen LogP contribution in [0.4, 0.5) is 0 Å². The van der Waals surface area contributed by atoms with Gasteiger partial charge in [-0.15, -0.1) is 0 Å². The van der Waals surface area contributed by atoms with Crippen LogP contribution in [0.15, 0.2) is 0 Å². The third-order valence-corrected chi connectivity index (χ3v) is 3.71. The van der Waals surface area contributed by atoms with Crippen LogP contribution in [0.5, 0.6) is 0 Å². The van der Waals surface area contributed by atoms with E-state index < -0.39 is 10.0 Å². The Hall–Kier alpha value is -0.660. The largest absolute Gasteiger partial charge is 0.359 e. The lowest BCUT2D eigenvalue weighted by Gasteiger charge is -2.20. The van der Waals surface area contributed by atoms with Crippen molar-refractivity contribution in [2.75, 3.05) is 39.5 Å². The molecule has 0 unspecified atom stereocenters. The average molecular weight is 235 g/mol. The van der Waals surface area contributed by atoms with Crippen LogP contribution in [0.2, 0.25) is 0 Å². The van der Waals surface area contributed by atoms with E-state index in [1.807, 2.05) is 0 Å². The molecule has 1 rings (SSSR count). The Morgan fingerprint density at radius 2 is 2.20 bits per heavy atom. The second kappa shape index (κ2) is 4.91. The third kappa shape index (κ3) is 3.44. The summed E-state index contributed by atoms with van der Waals surface area (Å²) in [5.41, 5.74) is 0. The minimum atomic E-state index is -3.21. The van der Waals surface area contributed by atoms with Gasteiger partial charge in [-0.2, -0.15) is 0 Å². The quantitative estimate of drug-likeness (QED) is 0.593. The number of carbonyl (C=O) groups excluding carboxylic acids is 1. The zero-order valence-electron chi connectivity index (χ0n) is 8.99. The van der Waals surface area contributed by atoms with Crippen molar-refractivity contribution in [1.29, 1.82) is 0 Å². The molecule has 0 spiro atoms. The number of hydrogen-bond acceptors (Lipinski definition) is 4. The summed E-state index contributed by atoms with van der Waals surface area (Å²) >= 11 is 0. The van der Waals surface area contributed by atoms with Gasteiger partial charge in [0.1, 0.15) is 0 Å². The SMILES string of the molecule is CNC(=O)[C@H]1CNCCN(S(C)(=O)=O)C1. The van der Waals surface area contributed by atoms with Gasteiger partial charge >= 0.3 is 0 Å². The molecule has 0 aromatic carbocycles. The zero-order chi connectivity index (χ0) is 11.5. The van der Waals surface area contributed by atoms with E-state index in [9.17, 15) is 13.2 Å². The molecular weight excluding hydrogens is 218 g/mol. The summed E-state index contributed by atoms with van der Waals surface area (Å²) < 4.78 is 24.1. The first-order valence-electron chi connectivity index (χ1n) is 4.82. The molecule has 1 heterocycles. The lowest BCUT2D eigenvalue weighted by atomic mass is 10.1. The van der Waals surface area contributed by atoms with E-state index >= 15 is 0 Å². The summed E-state index contributed by atoms with van der Waals surface area (Å²) in [6, 6.07) is 0. The summed E-state index contributed by atoms with van der Waals surface area (Å²) in [6.07, 6.45) is 1.17. The highest BCUT2D eigenvalue weighted by molar-refractivity contribution is 7.88. The van der Waals surface area contributed by atoms with Gasteiger partial charge in [-0.25, -0.2) is 12.7 Å². The molecule has 1 aliphatic heterocycles. The van der Waals surface area contributed by atoms with Gasteiger partial charge in [0.2, 0.25) is 15.9 Å². The lowest BCUT2D eigenvalue weighted by molar-refractivity contribution is -0.124. The molecule has 0 aliphatic carbocycles. The van der Waals surface area contributed by atoms with Gasteiger partial charge in [-0.1, -0.05) is 0 Å². The summed E-state index contributed by atoms with van der Waals surface area (Å²) in [6.45, 7) is 1.78. The van der Waals surface area contributed by atoms with Crippen molar-refractivity contribution < 1.29 is 13.2 Å². The Kier molecular flexibility index (Phi) is 4.06. The first-order chi connectivity index (χ1) is 6.95. The Bertz CT molecular complexity index is 328. The number of rotatable bonds is 2. The van der Waals surface area contributed by atoms with Crippen LogP contribution < -0.4 is 10.6 Å². The number of nitrogens with zero attached hydrogens (tertiary/aromatic N) is 1. The number of amides is 1. The summed E-state index contributed by atoms with van der Waals surface area (Å²) in [5.74, 6) is -0.440. The van der Waals surface area contributed by atoms with Gasteiger partial charge < -0.3 is 10.6 Å². The fourth-order valence-electron chi connectivity index (χ4n) is 1.56. The van der Waals surface area contributed by atoms with Crippen LogP contribution in [-0.2, 0) is 14.8 Å². The molecule has 0 bridgehead atoms. The molecule has 1 aliphatic rings. The van der Waals surface area contributed by atoms with E-state index in [2.05, 4.69) is 10.6 Å². The van der Waals surface area contributed by atoms with Crippen LogP contribution in [0, 0.1) is 5.92 Å². The van der Waals surface area contributed by atoms with Gasteiger partial charge in [0.05, 0.1) is 12.2 Å². The molecule has 88 valence electrons. The highest BCUT2D eigenvalue weighted by atomic mass is 32.2. The molecule has 0 aromatic heterocycles. The van der Waals surface area contributed by atoms with E-state index in [0.29, 0.717) is 19.6 Å². The number of nitrogens with one attached hydrogen (secondary N) is 2. The maximum Gasteiger partial charge on any atom is 0.225 e. The number of hydrogen-bond donors (Lipinski definition) is 2. The molecule has 1 atom stereocenters. The third-order valence-electron chi connectivity index (χ3n) is 2.44. The van der Waals surface area contributed by atoms with Gasteiger partial charge in [0.15, 0.2) is 0 Å². The van der Waals surface area contributed by atoms with Crippen LogP contribution in [0.1, 0.15) is 0 Å². The van der Waals surface area contributed by atoms with Crippen LogP contribution in [0.3, 0.4) is 0 Å². The van der Waals surface area contributed by atoms with E-state index in [1.54, 1.807) is 7.05 Å². The van der Waals surface area contributed by atoms with Crippen molar-refractivity contribution in [3.63, 3.8) is 0 Å². The fraction of sp³-hybridized carbons (Fsp3) is 0.875.